The highest BCUT2D eigenvalue weighted by Crippen LogP contribution is 2.47. The normalized spacial score (nSPS) is 27.2. The van der Waals surface area contributed by atoms with Crippen LogP contribution in [0.5, 0.6) is 0 Å². The van der Waals surface area contributed by atoms with E-state index in [0.717, 1.165) is 12.0 Å². The highest BCUT2D eigenvalue weighted by Gasteiger charge is 2.45. The predicted octanol–water partition coefficient (Wildman–Crippen LogP) is 2.64. The van der Waals surface area contributed by atoms with E-state index in [4.69, 9.17) is 0 Å². The van der Waals surface area contributed by atoms with Crippen LogP contribution >= 0.6 is 0 Å². The molecule has 0 aromatic heterocycles. The molecular weight excluding hydrogens is 296 g/mol. The number of allylic oxidation sites excluding steroid dienone is 6. The maximum absolute atomic E-state index is 12.7. The summed E-state index contributed by atoms with van der Waals surface area (Å²) in [6.07, 6.45) is 6.09. The average Bonchev–Trinajstić information content (AvgIpc) is 3.12. The first-order chi connectivity index (χ1) is 10.6. The third-order valence-corrected chi connectivity index (χ3v) is 5.95. The molecule has 0 amide bonds. The van der Waals surface area contributed by atoms with Crippen molar-refractivity contribution in [3.05, 3.63) is 64.1 Å². The molecule has 0 saturated carbocycles. The lowest BCUT2D eigenvalue weighted by atomic mass is 9.87. The number of benzene rings is 1. The van der Waals surface area contributed by atoms with Gasteiger partial charge >= 0.3 is 0 Å². The molecule has 0 fully saturated rings. The largest absolute Gasteiger partial charge is 0.290 e. The number of aryl methyl sites for hydroxylation is 1. The van der Waals surface area contributed by atoms with Gasteiger partial charge in [0.05, 0.1) is 15.7 Å². The second-order valence-electron chi connectivity index (χ2n) is 5.94. The van der Waals surface area contributed by atoms with Crippen LogP contribution < -0.4 is 0 Å². The van der Waals surface area contributed by atoms with Gasteiger partial charge in [0.25, 0.3) is 0 Å². The van der Waals surface area contributed by atoms with Crippen molar-refractivity contribution >= 4 is 22.4 Å². The molecule has 3 aliphatic carbocycles. The quantitative estimate of drug-likeness (QED) is 0.623. The number of rotatable bonds is 2. The van der Waals surface area contributed by atoms with E-state index in [1.54, 1.807) is 12.1 Å². The fourth-order valence-electron chi connectivity index (χ4n) is 3.45. The van der Waals surface area contributed by atoms with E-state index < -0.39 is 10.8 Å². The first kappa shape index (κ1) is 13.6. The fraction of sp³-hybridized carbons (Fsp3) is 0.222. The van der Waals surface area contributed by atoms with Gasteiger partial charge in [0.2, 0.25) is 0 Å². The zero-order valence-electron chi connectivity index (χ0n) is 12.0. The van der Waals surface area contributed by atoms with Gasteiger partial charge in [-0.15, -0.1) is 0 Å². The summed E-state index contributed by atoms with van der Waals surface area (Å²) >= 11 is 0. The standard InChI is InChI=1S/C18H14O3S/c1-10-2-6-13(7-3-10)22(21)15-9-14(19)16-11-4-5-12(8-11)17(16)18(15)20/h2-7,9,11-12H,8H2,1H3/t11-,12+,22+/m1/s1. The summed E-state index contributed by atoms with van der Waals surface area (Å²) in [6, 6.07) is 7.20. The van der Waals surface area contributed by atoms with Crippen LogP contribution in [-0.2, 0) is 20.4 Å². The van der Waals surface area contributed by atoms with Gasteiger partial charge in [-0.05, 0) is 25.5 Å². The SMILES string of the molecule is Cc1ccc([S@](=O)C2=CC(=O)C3=C(C2=O)[C@H]2C=C[C@@H]3C2)cc1. The van der Waals surface area contributed by atoms with Crippen LogP contribution in [0.2, 0.25) is 0 Å². The number of carbonyl (C=O) groups excluding carboxylic acids is 2. The van der Waals surface area contributed by atoms with Crippen LogP contribution in [0.25, 0.3) is 0 Å². The van der Waals surface area contributed by atoms with Gasteiger partial charge in [0.1, 0.15) is 0 Å². The van der Waals surface area contributed by atoms with Gasteiger partial charge in [-0.2, -0.15) is 0 Å². The minimum absolute atomic E-state index is 0.0233. The fourth-order valence-corrected chi connectivity index (χ4v) is 4.58. The molecule has 1 aromatic carbocycles. The Morgan fingerprint density at radius 3 is 2.32 bits per heavy atom. The number of hydrogen-bond acceptors (Lipinski definition) is 3. The van der Waals surface area contributed by atoms with Crippen LogP contribution in [0.3, 0.4) is 0 Å². The lowest BCUT2D eigenvalue weighted by Gasteiger charge is -2.19. The minimum Gasteiger partial charge on any atom is -0.290 e. The third kappa shape index (κ3) is 1.83. The van der Waals surface area contributed by atoms with Crippen LogP contribution in [0.15, 0.2) is 63.4 Å². The van der Waals surface area contributed by atoms with Crippen molar-refractivity contribution in [3.63, 3.8) is 0 Å². The Morgan fingerprint density at radius 1 is 1.00 bits per heavy atom. The van der Waals surface area contributed by atoms with Gasteiger partial charge in [-0.3, -0.25) is 9.59 Å². The molecule has 110 valence electrons. The molecular formula is C18H14O3S. The van der Waals surface area contributed by atoms with E-state index in [1.165, 1.54) is 6.08 Å². The lowest BCUT2D eigenvalue weighted by Crippen LogP contribution is -2.24. The molecule has 1 aromatic rings. The average molecular weight is 310 g/mol. The number of Topliss-reactive ketones (excluding diaryl/α,β-unsaturated/α-hetero) is 1. The summed E-state index contributed by atoms with van der Waals surface area (Å²) in [5.74, 6) is -0.274. The smallest absolute Gasteiger partial charge is 0.199 e. The monoisotopic (exact) mass is 310 g/mol. The van der Waals surface area contributed by atoms with Crippen LogP contribution in [0, 0.1) is 18.8 Å². The van der Waals surface area contributed by atoms with Gasteiger partial charge in [0, 0.05) is 34.0 Å². The first-order valence-electron chi connectivity index (χ1n) is 7.28. The van der Waals surface area contributed by atoms with E-state index in [1.807, 2.05) is 31.2 Å². The summed E-state index contributed by atoms with van der Waals surface area (Å²) in [5.41, 5.74) is 2.27. The van der Waals surface area contributed by atoms with Crippen molar-refractivity contribution in [2.24, 2.45) is 11.8 Å². The lowest BCUT2D eigenvalue weighted by molar-refractivity contribution is -0.115. The third-order valence-electron chi connectivity index (χ3n) is 4.55. The highest BCUT2D eigenvalue weighted by atomic mass is 32.2. The van der Waals surface area contributed by atoms with Gasteiger partial charge in [-0.25, -0.2) is 4.21 Å². The summed E-state index contributed by atoms with van der Waals surface area (Å²) < 4.78 is 12.7. The Kier molecular flexibility index (Phi) is 2.91. The number of ketones is 2. The molecule has 3 nitrogen and oxygen atoms in total. The van der Waals surface area contributed by atoms with Crippen molar-refractivity contribution in [1.82, 2.24) is 0 Å². The Labute approximate surface area is 130 Å². The zero-order valence-corrected chi connectivity index (χ0v) is 12.9. The predicted molar refractivity (Wildman–Crippen MR) is 83.4 cm³/mol. The van der Waals surface area contributed by atoms with E-state index >= 15 is 0 Å². The molecule has 0 radical (unpaired) electrons. The van der Waals surface area contributed by atoms with Gasteiger partial charge in [0.15, 0.2) is 11.6 Å². The van der Waals surface area contributed by atoms with Gasteiger partial charge in [-0.1, -0.05) is 29.8 Å². The maximum atomic E-state index is 12.7. The Bertz CT molecular complexity index is 824. The summed E-state index contributed by atoms with van der Waals surface area (Å²) in [7, 11) is -1.61. The summed E-state index contributed by atoms with van der Waals surface area (Å²) in [4.78, 5) is 25.8. The molecule has 0 saturated heterocycles. The van der Waals surface area contributed by atoms with E-state index in [0.29, 0.717) is 16.0 Å². The van der Waals surface area contributed by atoms with E-state index in [9.17, 15) is 13.8 Å². The van der Waals surface area contributed by atoms with Crippen LogP contribution in [0.1, 0.15) is 12.0 Å². The topological polar surface area (TPSA) is 51.2 Å². The zero-order chi connectivity index (χ0) is 15.4. The van der Waals surface area contributed by atoms with Crippen molar-refractivity contribution < 1.29 is 13.8 Å². The number of hydrogen-bond donors (Lipinski definition) is 0. The van der Waals surface area contributed by atoms with Crippen molar-refractivity contribution in [1.29, 1.82) is 0 Å². The van der Waals surface area contributed by atoms with Crippen molar-refractivity contribution in [2.45, 2.75) is 18.2 Å². The molecule has 3 atom stereocenters. The molecule has 0 spiro atoms. The highest BCUT2D eigenvalue weighted by molar-refractivity contribution is 7.90. The summed E-state index contributed by atoms with van der Waals surface area (Å²) in [5, 5.41) is 0. The van der Waals surface area contributed by atoms with Crippen molar-refractivity contribution in [2.75, 3.05) is 0 Å². The number of fused-ring (bicyclic) bond motifs is 4. The Balaban J connectivity index is 1.72. The molecule has 2 bridgehead atoms. The molecule has 3 aliphatic rings. The first-order valence-corrected chi connectivity index (χ1v) is 8.43. The van der Waals surface area contributed by atoms with E-state index in [-0.39, 0.29) is 28.3 Å². The molecule has 0 unspecified atom stereocenters. The van der Waals surface area contributed by atoms with Gasteiger partial charge < -0.3 is 0 Å². The second-order valence-corrected chi connectivity index (χ2v) is 7.39. The van der Waals surface area contributed by atoms with Crippen LogP contribution in [-0.4, -0.2) is 15.8 Å². The molecule has 0 N–H and O–H groups in total. The molecule has 0 aliphatic heterocycles. The number of carbonyl (C=O) groups is 2. The Hall–Kier alpha value is -2.07. The molecule has 4 heteroatoms. The molecule has 0 heterocycles. The van der Waals surface area contributed by atoms with E-state index in [2.05, 4.69) is 0 Å². The summed E-state index contributed by atoms with van der Waals surface area (Å²) in [6.45, 7) is 1.94. The second kappa shape index (κ2) is 4.71. The maximum Gasteiger partial charge on any atom is 0.199 e. The Morgan fingerprint density at radius 2 is 1.64 bits per heavy atom. The minimum atomic E-state index is -1.61. The van der Waals surface area contributed by atoms with Crippen molar-refractivity contribution in [3.8, 4) is 0 Å². The van der Waals surface area contributed by atoms with Crippen LogP contribution in [0.4, 0.5) is 0 Å². The molecule has 22 heavy (non-hydrogen) atoms. The molecule has 4 rings (SSSR count).